The molecule has 0 fully saturated rings. The van der Waals surface area contributed by atoms with Crippen molar-refractivity contribution in [2.75, 3.05) is 0 Å². The Hall–Kier alpha value is -0.0900. The van der Waals surface area contributed by atoms with E-state index in [0.717, 1.165) is 0 Å². The summed E-state index contributed by atoms with van der Waals surface area (Å²) in [4.78, 5) is 0. The molecule has 0 nitrogen and oxygen atoms in total. The topological polar surface area (TPSA) is 0 Å². The molecule has 1 aromatic heterocycles. The molecule has 0 spiro atoms. The fraction of sp³-hybridized carbons (Fsp3) is 0.200. The standard InChI is InChI=1S/C10H9IS/c1-6-3-8-7(2)5-12-10(8)9(11)4-6/h3-5H,1-2H3. The zero-order valence-electron chi connectivity index (χ0n) is 7.02. The fourth-order valence-corrected chi connectivity index (χ4v) is 3.46. The van der Waals surface area contributed by atoms with Gasteiger partial charge in [0.15, 0.2) is 0 Å². The summed E-state index contributed by atoms with van der Waals surface area (Å²) >= 11 is 4.25. The Morgan fingerprint density at radius 1 is 1.25 bits per heavy atom. The maximum atomic E-state index is 2.41. The van der Waals surface area contributed by atoms with Crippen LogP contribution in [-0.2, 0) is 0 Å². The molecular formula is C10H9IS. The molecule has 62 valence electrons. The molecule has 0 radical (unpaired) electrons. The van der Waals surface area contributed by atoms with Crippen molar-refractivity contribution in [3.05, 3.63) is 32.2 Å². The predicted octanol–water partition coefficient (Wildman–Crippen LogP) is 4.12. The van der Waals surface area contributed by atoms with Crippen LogP contribution in [0.15, 0.2) is 17.5 Å². The SMILES string of the molecule is Cc1cc(I)c2scc(C)c2c1. The maximum Gasteiger partial charge on any atom is 0.0479 e. The van der Waals surface area contributed by atoms with Crippen LogP contribution >= 0.6 is 33.9 Å². The minimum atomic E-state index is 1.36. The summed E-state index contributed by atoms with van der Waals surface area (Å²) in [7, 11) is 0. The summed E-state index contributed by atoms with van der Waals surface area (Å²) in [6.45, 7) is 4.33. The summed E-state index contributed by atoms with van der Waals surface area (Å²) in [6, 6.07) is 4.50. The number of hydrogen-bond donors (Lipinski definition) is 0. The normalized spacial score (nSPS) is 10.9. The van der Waals surface area contributed by atoms with E-state index in [-0.39, 0.29) is 0 Å². The molecule has 2 heteroatoms. The lowest BCUT2D eigenvalue weighted by atomic mass is 10.1. The van der Waals surface area contributed by atoms with Crippen molar-refractivity contribution in [1.29, 1.82) is 0 Å². The van der Waals surface area contributed by atoms with Crippen molar-refractivity contribution in [2.24, 2.45) is 0 Å². The van der Waals surface area contributed by atoms with Crippen LogP contribution in [0.25, 0.3) is 10.1 Å². The maximum absolute atomic E-state index is 2.41. The van der Waals surface area contributed by atoms with E-state index in [2.05, 4.69) is 54.0 Å². The van der Waals surface area contributed by atoms with Gasteiger partial charge in [0.2, 0.25) is 0 Å². The Morgan fingerprint density at radius 2 is 2.00 bits per heavy atom. The second-order valence-electron chi connectivity index (χ2n) is 3.04. The minimum Gasteiger partial charge on any atom is -0.142 e. The van der Waals surface area contributed by atoms with E-state index >= 15 is 0 Å². The Kier molecular flexibility index (Phi) is 2.12. The molecule has 0 saturated heterocycles. The predicted molar refractivity (Wildman–Crippen MR) is 64.0 cm³/mol. The molecular weight excluding hydrogens is 279 g/mol. The van der Waals surface area contributed by atoms with Crippen LogP contribution in [-0.4, -0.2) is 0 Å². The molecule has 2 rings (SSSR count). The first-order chi connectivity index (χ1) is 5.68. The molecule has 0 aliphatic carbocycles. The third-order valence-electron chi connectivity index (χ3n) is 1.97. The molecule has 1 heterocycles. The van der Waals surface area contributed by atoms with Gasteiger partial charge in [-0.05, 0) is 64.4 Å². The Bertz CT molecular complexity index is 429. The lowest BCUT2D eigenvalue weighted by Crippen LogP contribution is -1.76. The van der Waals surface area contributed by atoms with Crippen LogP contribution in [0.1, 0.15) is 11.1 Å². The second-order valence-corrected chi connectivity index (χ2v) is 5.08. The van der Waals surface area contributed by atoms with Gasteiger partial charge in [-0.15, -0.1) is 11.3 Å². The van der Waals surface area contributed by atoms with E-state index in [0.29, 0.717) is 0 Å². The lowest BCUT2D eigenvalue weighted by molar-refractivity contribution is 1.48. The summed E-state index contributed by atoms with van der Waals surface area (Å²) in [6.07, 6.45) is 0. The first-order valence-electron chi connectivity index (χ1n) is 3.82. The number of benzene rings is 1. The smallest absolute Gasteiger partial charge is 0.0479 e. The minimum absolute atomic E-state index is 1.36. The van der Waals surface area contributed by atoms with Gasteiger partial charge < -0.3 is 0 Å². The molecule has 0 atom stereocenters. The molecule has 0 N–H and O–H groups in total. The van der Waals surface area contributed by atoms with Crippen molar-refractivity contribution >= 4 is 44.0 Å². The Balaban J connectivity index is 2.92. The van der Waals surface area contributed by atoms with E-state index in [1.807, 2.05) is 11.3 Å². The molecule has 0 amide bonds. The van der Waals surface area contributed by atoms with Crippen LogP contribution in [0.5, 0.6) is 0 Å². The zero-order chi connectivity index (χ0) is 8.72. The van der Waals surface area contributed by atoms with Crippen LogP contribution in [0.3, 0.4) is 0 Å². The number of aryl methyl sites for hydroxylation is 2. The molecule has 0 bridgehead atoms. The Labute approximate surface area is 89.7 Å². The Morgan fingerprint density at radius 3 is 2.75 bits per heavy atom. The summed E-state index contributed by atoms with van der Waals surface area (Å²) < 4.78 is 2.81. The lowest BCUT2D eigenvalue weighted by Gasteiger charge is -1.97. The highest BCUT2D eigenvalue weighted by Crippen LogP contribution is 2.30. The molecule has 1 aromatic carbocycles. The summed E-state index contributed by atoms with van der Waals surface area (Å²) in [5, 5.41) is 3.65. The van der Waals surface area contributed by atoms with Gasteiger partial charge in [0.05, 0.1) is 0 Å². The number of halogens is 1. The first-order valence-corrected chi connectivity index (χ1v) is 5.78. The highest BCUT2D eigenvalue weighted by molar-refractivity contribution is 14.1. The van der Waals surface area contributed by atoms with Gasteiger partial charge in [0.1, 0.15) is 0 Å². The highest BCUT2D eigenvalue weighted by atomic mass is 127. The van der Waals surface area contributed by atoms with Crippen LogP contribution in [0, 0.1) is 17.4 Å². The number of rotatable bonds is 0. The van der Waals surface area contributed by atoms with Gasteiger partial charge in [-0.2, -0.15) is 0 Å². The van der Waals surface area contributed by atoms with Gasteiger partial charge >= 0.3 is 0 Å². The number of hydrogen-bond acceptors (Lipinski definition) is 1. The fourth-order valence-electron chi connectivity index (χ4n) is 1.35. The van der Waals surface area contributed by atoms with Gasteiger partial charge in [0.25, 0.3) is 0 Å². The van der Waals surface area contributed by atoms with Gasteiger partial charge in [0, 0.05) is 8.27 Å². The molecule has 0 saturated carbocycles. The van der Waals surface area contributed by atoms with Gasteiger partial charge in [-0.1, -0.05) is 6.07 Å². The number of fused-ring (bicyclic) bond motifs is 1. The zero-order valence-corrected chi connectivity index (χ0v) is 9.99. The molecule has 12 heavy (non-hydrogen) atoms. The van der Waals surface area contributed by atoms with Gasteiger partial charge in [-0.25, -0.2) is 0 Å². The van der Waals surface area contributed by atoms with E-state index in [1.54, 1.807) is 0 Å². The molecule has 0 aliphatic heterocycles. The average molecular weight is 288 g/mol. The van der Waals surface area contributed by atoms with Crippen molar-refractivity contribution in [3.8, 4) is 0 Å². The third-order valence-corrected chi connectivity index (χ3v) is 4.33. The van der Waals surface area contributed by atoms with Crippen LogP contribution in [0.4, 0.5) is 0 Å². The van der Waals surface area contributed by atoms with Gasteiger partial charge in [-0.3, -0.25) is 0 Å². The number of thiophene rings is 1. The quantitative estimate of drug-likeness (QED) is 0.640. The largest absolute Gasteiger partial charge is 0.142 e. The van der Waals surface area contributed by atoms with Crippen molar-refractivity contribution in [1.82, 2.24) is 0 Å². The van der Waals surface area contributed by atoms with E-state index in [1.165, 1.54) is 24.8 Å². The van der Waals surface area contributed by atoms with Crippen molar-refractivity contribution in [3.63, 3.8) is 0 Å². The van der Waals surface area contributed by atoms with Crippen molar-refractivity contribution in [2.45, 2.75) is 13.8 Å². The summed E-state index contributed by atoms with van der Waals surface area (Å²) in [5.74, 6) is 0. The third kappa shape index (κ3) is 1.27. The van der Waals surface area contributed by atoms with E-state index in [4.69, 9.17) is 0 Å². The second kappa shape index (κ2) is 3.00. The average Bonchev–Trinajstić information content (AvgIpc) is 2.33. The first kappa shape index (κ1) is 8.51. The van der Waals surface area contributed by atoms with Crippen LogP contribution in [0.2, 0.25) is 0 Å². The van der Waals surface area contributed by atoms with E-state index in [9.17, 15) is 0 Å². The molecule has 0 aliphatic rings. The van der Waals surface area contributed by atoms with Crippen molar-refractivity contribution < 1.29 is 0 Å². The monoisotopic (exact) mass is 288 g/mol. The van der Waals surface area contributed by atoms with Crippen LogP contribution < -0.4 is 0 Å². The summed E-state index contributed by atoms with van der Waals surface area (Å²) in [5.41, 5.74) is 2.75. The molecule has 0 unspecified atom stereocenters. The van der Waals surface area contributed by atoms with E-state index < -0.39 is 0 Å². The highest BCUT2D eigenvalue weighted by Gasteiger charge is 2.03. The molecule has 2 aromatic rings.